The van der Waals surface area contributed by atoms with E-state index in [9.17, 15) is 9.18 Å². The molecule has 80 valence electrons. The van der Waals surface area contributed by atoms with Crippen molar-refractivity contribution < 1.29 is 14.5 Å². The molecule has 3 N–H and O–H groups in total. The monoisotopic (exact) mass is 209 g/mol. The van der Waals surface area contributed by atoms with Crippen molar-refractivity contribution in [1.82, 2.24) is 0 Å². The number of quaternary nitrogens is 1. The van der Waals surface area contributed by atoms with Crippen molar-refractivity contribution in [1.29, 1.82) is 0 Å². The summed E-state index contributed by atoms with van der Waals surface area (Å²) in [5, 5.41) is 4.81. The number of amides is 1. The number of nitrogens with one attached hydrogen (secondary N) is 1. The third kappa shape index (κ3) is 2.53. The summed E-state index contributed by atoms with van der Waals surface area (Å²) in [5.74, 6) is -0.278. The standard InChI is InChI=1S/C11H13FN2O/c12-8-3-5-9(6-4-8)14-11(15)10-2-1-7-13-10/h3-6,10,13H,1-2,7H2,(H,14,15)/p+1/t10-/m0/s1. The van der Waals surface area contributed by atoms with Gasteiger partial charge in [0.25, 0.3) is 5.91 Å². The van der Waals surface area contributed by atoms with Gasteiger partial charge in [0.2, 0.25) is 0 Å². The molecular weight excluding hydrogens is 195 g/mol. The molecule has 1 atom stereocenters. The summed E-state index contributed by atoms with van der Waals surface area (Å²) in [5.41, 5.74) is 0.654. The van der Waals surface area contributed by atoms with Crippen molar-refractivity contribution in [2.45, 2.75) is 18.9 Å². The van der Waals surface area contributed by atoms with E-state index in [1.165, 1.54) is 12.1 Å². The first-order valence-corrected chi connectivity index (χ1v) is 5.15. The number of anilines is 1. The fraction of sp³-hybridized carbons (Fsp3) is 0.364. The Bertz CT molecular complexity index is 344. The zero-order chi connectivity index (χ0) is 10.7. The molecule has 0 saturated carbocycles. The predicted molar refractivity (Wildman–Crippen MR) is 54.8 cm³/mol. The predicted octanol–water partition coefficient (Wildman–Crippen LogP) is 0.490. The van der Waals surface area contributed by atoms with E-state index in [2.05, 4.69) is 5.32 Å². The van der Waals surface area contributed by atoms with E-state index < -0.39 is 0 Å². The second-order valence-electron chi connectivity index (χ2n) is 3.77. The van der Waals surface area contributed by atoms with Gasteiger partial charge in [-0.15, -0.1) is 0 Å². The molecule has 1 aromatic carbocycles. The molecule has 1 fully saturated rings. The van der Waals surface area contributed by atoms with Gasteiger partial charge in [-0.25, -0.2) is 4.39 Å². The van der Waals surface area contributed by atoms with Gasteiger partial charge in [0.15, 0.2) is 6.04 Å². The minimum Gasteiger partial charge on any atom is -0.336 e. The van der Waals surface area contributed by atoms with Crippen molar-refractivity contribution in [3.8, 4) is 0 Å². The first kappa shape index (κ1) is 10.1. The SMILES string of the molecule is O=C(Nc1ccc(F)cc1)[C@@H]1CCC[NH2+]1. The van der Waals surface area contributed by atoms with E-state index in [1.54, 1.807) is 12.1 Å². The molecule has 1 saturated heterocycles. The van der Waals surface area contributed by atoms with Crippen LogP contribution in [-0.4, -0.2) is 18.5 Å². The van der Waals surface area contributed by atoms with Crippen LogP contribution >= 0.6 is 0 Å². The van der Waals surface area contributed by atoms with Crippen molar-refractivity contribution in [2.75, 3.05) is 11.9 Å². The third-order valence-electron chi connectivity index (χ3n) is 2.62. The van der Waals surface area contributed by atoms with Gasteiger partial charge in [-0.1, -0.05) is 0 Å². The first-order valence-electron chi connectivity index (χ1n) is 5.15. The smallest absolute Gasteiger partial charge is 0.282 e. The Morgan fingerprint density at radius 1 is 1.40 bits per heavy atom. The average molecular weight is 209 g/mol. The third-order valence-corrected chi connectivity index (χ3v) is 2.62. The van der Waals surface area contributed by atoms with Crippen LogP contribution < -0.4 is 10.6 Å². The highest BCUT2D eigenvalue weighted by molar-refractivity contribution is 5.93. The fourth-order valence-electron chi connectivity index (χ4n) is 1.78. The van der Waals surface area contributed by atoms with Crippen LogP contribution in [0.15, 0.2) is 24.3 Å². The zero-order valence-corrected chi connectivity index (χ0v) is 8.37. The summed E-state index contributed by atoms with van der Waals surface area (Å²) in [6.45, 7) is 1.02. The number of carbonyl (C=O) groups is 1. The Kier molecular flexibility index (Phi) is 2.97. The summed E-state index contributed by atoms with van der Waals surface area (Å²) in [4.78, 5) is 11.7. The summed E-state index contributed by atoms with van der Waals surface area (Å²) in [6.07, 6.45) is 2.01. The Hall–Kier alpha value is -1.42. The number of halogens is 1. The molecule has 0 unspecified atom stereocenters. The Morgan fingerprint density at radius 3 is 2.73 bits per heavy atom. The molecule has 1 aliphatic rings. The number of carbonyl (C=O) groups excluding carboxylic acids is 1. The second kappa shape index (κ2) is 4.40. The molecule has 0 spiro atoms. The molecule has 1 heterocycles. The molecule has 15 heavy (non-hydrogen) atoms. The maximum absolute atomic E-state index is 12.6. The van der Waals surface area contributed by atoms with Crippen LogP contribution in [-0.2, 0) is 4.79 Å². The molecule has 0 bridgehead atoms. The average Bonchev–Trinajstić information content (AvgIpc) is 2.74. The molecule has 4 heteroatoms. The number of hydrogen-bond acceptors (Lipinski definition) is 1. The Morgan fingerprint density at radius 2 is 2.13 bits per heavy atom. The molecular formula is C11H14FN2O+. The zero-order valence-electron chi connectivity index (χ0n) is 8.37. The molecule has 1 aliphatic heterocycles. The summed E-state index contributed by atoms with van der Waals surface area (Å²) >= 11 is 0. The van der Waals surface area contributed by atoms with Crippen molar-refractivity contribution >= 4 is 11.6 Å². The van der Waals surface area contributed by atoms with Crippen LogP contribution in [0.25, 0.3) is 0 Å². The number of nitrogens with two attached hydrogens (primary N) is 1. The normalized spacial score (nSPS) is 20.2. The molecule has 0 aliphatic carbocycles. The van der Waals surface area contributed by atoms with Crippen LogP contribution in [0, 0.1) is 5.82 Å². The largest absolute Gasteiger partial charge is 0.336 e. The summed E-state index contributed by atoms with van der Waals surface area (Å²) < 4.78 is 12.6. The van der Waals surface area contributed by atoms with Gasteiger partial charge >= 0.3 is 0 Å². The van der Waals surface area contributed by atoms with Crippen LogP contribution in [0.2, 0.25) is 0 Å². The van der Waals surface area contributed by atoms with E-state index in [4.69, 9.17) is 0 Å². The lowest BCUT2D eigenvalue weighted by Crippen LogP contribution is -2.88. The number of rotatable bonds is 2. The molecule has 1 amide bonds. The van der Waals surface area contributed by atoms with E-state index >= 15 is 0 Å². The van der Waals surface area contributed by atoms with Crippen LogP contribution in [0.1, 0.15) is 12.8 Å². The highest BCUT2D eigenvalue weighted by atomic mass is 19.1. The van der Waals surface area contributed by atoms with Crippen LogP contribution in [0.4, 0.5) is 10.1 Å². The minimum absolute atomic E-state index is 0.0131. The lowest BCUT2D eigenvalue weighted by Gasteiger charge is -2.08. The van der Waals surface area contributed by atoms with Gasteiger partial charge in [0.1, 0.15) is 5.82 Å². The lowest BCUT2D eigenvalue weighted by atomic mass is 10.2. The van der Waals surface area contributed by atoms with Crippen molar-refractivity contribution in [3.05, 3.63) is 30.1 Å². The van der Waals surface area contributed by atoms with Gasteiger partial charge in [-0.05, 0) is 24.3 Å². The van der Waals surface area contributed by atoms with Crippen molar-refractivity contribution in [2.24, 2.45) is 0 Å². The van der Waals surface area contributed by atoms with Gasteiger partial charge in [-0.3, -0.25) is 4.79 Å². The first-order chi connectivity index (χ1) is 7.25. The van der Waals surface area contributed by atoms with E-state index in [1.807, 2.05) is 5.32 Å². The van der Waals surface area contributed by atoms with Gasteiger partial charge in [-0.2, -0.15) is 0 Å². The topological polar surface area (TPSA) is 45.7 Å². The molecule has 3 nitrogen and oxygen atoms in total. The van der Waals surface area contributed by atoms with Crippen molar-refractivity contribution in [3.63, 3.8) is 0 Å². The van der Waals surface area contributed by atoms with Gasteiger partial charge in [0, 0.05) is 18.5 Å². The minimum atomic E-state index is -0.291. The number of hydrogen-bond donors (Lipinski definition) is 2. The lowest BCUT2D eigenvalue weighted by molar-refractivity contribution is -0.656. The Labute approximate surface area is 87.7 Å². The maximum atomic E-state index is 12.6. The fourth-order valence-corrected chi connectivity index (χ4v) is 1.78. The second-order valence-corrected chi connectivity index (χ2v) is 3.77. The van der Waals surface area contributed by atoms with E-state index in [0.29, 0.717) is 5.69 Å². The van der Waals surface area contributed by atoms with E-state index in [-0.39, 0.29) is 17.8 Å². The van der Waals surface area contributed by atoms with Crippen LogP contribution in [0.3, 0.4) is 0 Å². The summed E-state index contributed by atoms with van der Waals surface area (Å²) in [6, 6.07) is 5.85. The van der Waals surface area contributed by atoms with E-state index in [0.717, 1.165) is 19.4 Å². The molecule has 0 radical (unpaired) electrons. The highest BCUT2D eigenvalue weighted by Crippen LogP contribution is 2.09. The maximum Gasteiger partial charge on any atom is 0.282 e. The molecule has 0 aromatic heterocycles. The van der Waals surface area contributed by atoms with Gasteiger partial charge < -0.3 is 10.6 Å². The molecule has 1 aromatic rings. The van der Waals surface area contributed by atoms with Crippen LogP contribution in [0.5, 0.6) is 0 Å². The molecule has 2 rings (SSSR count). The quantitative estimate of drug-likeness (QED) is 0.731. The summed E-state index contributed by atoms with van der Waals surface area (Å²) in [7, 11) is 0. The Balaban J connectivity index is 1.96. The highest BCUT2D eigenvalue weighted by Gasteiger charge is 2.25. The number of benzene rings is 1. The van der Waals surface area contributed by atoms with Gasteiger partial charge in [0.05, 0.1) is 6.54 Å².